The molecule has 0 spiro atoms. The van der Waals surface area contributed by atoms with Gasteiger partial charge in [-0.1, -0.05) is 6.92 Å². The van der Waals surface area contributed by atoms with Crippen LogP contribution >= 0.6 is 11.5 Å². The first kappa shape index (κ1) is 15.1. The third kappa shape index (κ3) is 2.88. The second-order valence-corrected chi connectivity index (χ2v) is 5.64. The number of hydrogen-bond donors (Lipinski definition) is 1. The topological polar surface area (TPSA) is 71.7 Å². The van der Waals surface area contributed by atoms with Gasteiger partial charge in [-0.25, -0.2) is 4.79 Å². The summed E-state index contributed by atoms with van der Waals surface area (Å²) in [7, 11) is 0. The highest BCUT2D eigenvalue weighted by Crippen LogP contribution is 2.32. The maximum Gasteiger partial charge on any atom is 0.345 e. The summed E-state index contributed by atoms with van der Waals surface area (Å²) in [6.07, 6.45) is 0. The van der Waals surface area contributed by atoms with Crippen molar-refractivity contribution in [3.05, 3.63) is 5.56 Å². The van der Waals surface area contributed by atoms with Crippen molar-refractivity contribution in [2.45, 2.75) is 26.8 Å². The zero-order chi connectivity index (χ0) is 14.7. The SMILES string of the molecule is CCOC(=O)c1c(N)nsc1N1CCN(CC)C(C)C1. The number of aromatic nitrogens is 1. The van der Waals surface area contributed by atoms with Crippen LogP contribution < -0.4 is 10.6 Å². The molecule has 0 aromatic carbocycles. The van der Waals surface area contributed by atoms with Crippen molar-refractivity contribution in [2.75, 3.05) is 43.4 Å². The lowest BCUT2D eigenvalue weighted by Crippen LogP contribution is -2.51. The average Bonchev–Trinajstić information content (AvgIpc) is 2.81. The number of rotatable bonds is 4. The summed E-state index contributed by atoms with van der Waals surface area (Å²) in [5.74, 6) is -0.103. The van der Waals surface area contributed by atoms with Crippen LogP contribution in [0.3, 0.4) is 0 Å². The van der Waals surface area contributed by atoms with Crippen LogP contribution in [0.25, 0.3) is 0 Å². The van der Waals surface area contributed by atoms with Crippen molar-refractivity contribution in [3.63, 3.8) is 0 Å². The van der Waals surface area contributed by atoms with Gasteiger partial charge in [0.2, 0.25) is 0 Å². The number of nitrogens with zero attached hydrogens (tertiary/aromatic N) is 3. The molecule has 1 aliphatic rings. The minimum Gasteiger partial charge on any atom is -0.462 e. The van der Waals surface area contributed by atoms with E-state index in [0.29, 0.717) is 18.2 Å². The number of carbonyl (C=O) groups excluding carboxylic acids is 1. The van der Waals surface area contributed by atoms with Crippen LogP contribution in [-0.2, 0) is 4.74 Å². The molecule has 20 heavy (non-hydrogen) atoms. The van der Waals surface area contributed by atoms with Crippen LogP contribution in [0.1, 0.15) is 31.1 Å². The van der Waals surface area contributed by atoms with Gasteiger partial charge in [-0.05, 0) is 31.9 Å². The Labute approximate surface area is 123 Å². The van der Waals surface area contributed by atoms with Crippen molar-refractivity contribution in [1.29, 1.82) is 0 Å². The van der Waals surface area contributed by atoms with Gasteiger partial charge in [0.25, 0.3) is 0 Å². The quantitative estimate of drug-likeness (QED) is 0.848. The fraction of sp³-hybridized carbons (Fsp3) is 0.692. The highest BCUT2D eigenvalue weighted by Gasteiger charge is 2.29. The summed E-state index contributed by atoms with van der Waals surface area (Å²) >= 11 is 1.28. The molecule has 1 unspecified atom stereocenters. The number of likely N-dealkylation sites (N-methyl/N-ethyl adjacent to an activating group) is 1. The van der Waals surface area contributed by atoms with Crippen molar-refractivity contribution >= 4 is 28.3 Å². The highest BCUT2D eigenvalue weighted by atomic mass is 32.1. The van der Waals surface area contributed by atoms with E-state index in [1.165, 1.54) is 11.5 Å². The molecule has 0 amide bonds. The highest BCUT2D eigenvalue weighted by molar-refractivity contribution is 7.11. The molecule has 1 aliphatic heterocycles. The first-order valence-electron chi connectivity index (χ1n) is 6.99. The van der Waals surface area contributed by atoms with Crippen molar-refractivity contribution in [2.24, 2.45) is 0 Å². The summed E-state index contributed by atoms with van der Waals surface area (Å²) in [5, 5.41) is 0.837. The van der Waals surface area contributed by atoms with Crippen molar-refractivity contribution < 1.29 is 9.53 Å². The van der Waals surface area contributed by atoms with E-state index in [1.54, 1.807) is 6.92 Å². The average molecular weight is 298 g/mol. The van der Waals surface area contributed by atoms with Crippen LogP contribution in [-0.4, -0.2) is 54.1 Å². The minimum atomic E-state index is -0.376. The maximum absolute atomic E-state index is 12.0. The number of ether oxygens (including phenoxy) is 1. The van der Waals surface area contributed by atoms with Crippen LogP contribution in [0.15, 0.2) is 0 Å². The Hall–Kier alpha value is -1.34. The fourth-order valence-corrected chi connectivity index (χ4v) is 3.39. The summed E-state index contributed by atoms with van der Waals surface area (Å²) in [4.78, 5) is 16.6. The van der Waals surface area contributed by atoms with E-state index >= 15 is 0 Å². The Kier molecular flexibility index (Phi) is 4.82. The largest absolute Gasteiger partial charge is 0.462 e. The molecule has 1 aromatic rings. The monoisotopic (exact) mass is 298 g/mol. The molecule has 6 nitrogen and oxygen atoms in total. The molecule has 1 saturated heterocycles. The predicted octanol–water partition coefficient (Wildman–Crippen LogP) is 1.43. The number of esters is 1. The summed E-state index contributed by atoms with van der Waals surface area (Å²) in [5.41, 5.74) is 6.25. The lowest BCUT2D eigenvalue weighted by molar-refractivity contribution is 0.0528. The molecule has 112 valence electrons. The van der Waals surface area contributed by atoms with Gasteiger partial charge in [-0.15, -0.1) is 0 Å². The van der Waals surface area contributed by atoms with Gasteiger partial charge in [-0.2, -0.15) is 4.37 Å². The number of anilines is 2. The lowest BCUT2D eigenvalue weighted by atomic mass is 10.2. The van der Waals surface area contributed by atoms with Crippen LogP contribution in [0.4, 0.5) is 10.8 Å². The van der Waals surface area contributed by atoms with Crippen LogP contribution in [0.5, 0.6) is 0 Å². The second-order valence-electron chi connectivity index (χ2n) is 4.89. The standard InChI is InChI=1S/C13H22N4O2S/c1-4-16-6-7-17(8-9(16)3)12-10(11(14)15-20-12)13(18)19-5-2/h9H,4-8H2,1-3H3,(H2,14,15). The normalized spacial score (nSPS) is 20.1. The number of hydrogen-bond acceptors (Lipinski definition) is 7. The van der Waals surface area contributed by atoms with Gasteiger partial charge in [0.1, 0.15) is 10.6 Å². The molecule has 0 radical (unpaired) electrons. The van der Waals surface area contributed by atoms with Gasteiger partial charge in [0, 0.05) is 25.7 Å². The molecule has 1 atom stereocenters. The van der Waals surface area contributed by atoms with Gasteiger partial charge >= 0.3 is 5.97 Å². The number of piperazine rings is 1. The second kappa shape index (κ2) is 6.41. The molecule has 2 rings (SSSR count). The van der Waals surface area contributed by atoms with E-state index < -0.39 is 0 Å². The maximum atomic E-state index is 12.0. The zero-order valence-corrected chi connectivity index (χ0v) is 13.1. The minimum absolute atomic E-state index is 0.272. The van der Waals surface area contributed by atoms with E-state index in [1.807, 2.05) is 0 Å². The van der Waals surface area contributed by atoms with Gasteiger partial charge < -0.3 is 15.4 Å². The fourth-order valence-electron chi connectivity index (χ4n) is 2.55. The first-order chi connectivity index (χ1) is 9.58. The van der Waals surface area contributed by atoms with Crippen LogP contribution in [0, 0.1) is 0 Å². The van der Waals surface area contributed by atoms with E-state index in [-0.39, 0.29) is 11.8 Å². The molecule has 1 aromatic heterocycles. The van der Waals surface area contributed by atoms with E-state index in [2.05, 4.69) is 28.0 Å². The Balaban J connectivity index is 2.19. The van der Waals surface area contributed by atoms with Gasteiger partial charge in [-0.3, -0.25) is 4.90 Å². The van der Waals surface area contributed by atoms with Gasteiger partial charge in [0.05, 0.1) is 6.61 Å². The van der Waals surface area contributed by atoms with Gasteiger partial charge in [0.15, 0.2) is 5.82 Å². The molecular formula is C13H22N4O2S. The predicted molar refractivity (Wildman–Crippen MR) is 81.4 cm³/mol. The third-order valence-electron chi connectivity index (χ3n) is 3.64. The Morgan fingerprint density at radius 3 is 2.85 bits per heavy atom. The van der Waals surface area contributed by atoms with Crippen molar-refractivity contribution in [1.82, 2.24) is 9.27 Å². The first-order valence-corrected chi connectivity index (χ1v) is 7.77. The third-order valence-corrected chi connectivity index (χ3v) is 4.56. The lowest BCUT2D eigenvalue weighted by Gasteiger charge is -2.39. The van der Waals surface area contributed by atoms with Crippen LogP contribution in [0.2, 0.25) is 0 Å². The number of carbonyl (C=O) groups is 1. The van der Waals surface area contributed by atoms with Crippen molar-refractivity contribution in [3.8, 4) is 0 Å². The number of nitrogen functional groups attached to an aromatic ring is 1. The van der Waals surface area contributed by atoms with E-state index in [0.717, 1.165) is 31.2 Å². The Morgan fingerprint density at radius 2 is 2.25 bits per heavy atom. The Bertz CT molecular complexity index is 477. The summed E-state index contributed by atoms with van der Waals surface area (Å²) in [6, 6.07) is 0.451. The van der Waals surface area contributed by atoms with E-state index in [4.69, 9.17) is 10.5 Å². The molecule has 0 bridgehead atoms. The smallest absolute Gasteiger partial charge is 0.345 e. The molecule has 0 saturated carbocycles. The zero-order valence-electron chi connectivity index (χ0n) is 12.3. The summed E-state index contributed by atoms with van der Waals surface area (Å²) < 4.78 is 9.20. The molecular weight excluding hydrogens is 276 g/mol. The molecule has 7 heteroatoms. The summed E-state index contributed by atoms with van der Waals surface area (Å²) in [6.45, 7) is 10.3. The molecule has 1 fully saturated rings. The number of nitrogens with two attached hydrogens (primary N) is 1. The Morgan fingerprint density at radius 1 is 1.50 bits per heavy atom. The molecule has 2 N–H and O–H groups in total. The van der Waals surface area contributed by atoms with E-state index in [9.17, 15) is 4.79 Å². The molecule has 2 heterocycles. The molecule has 0 aliphatic carbocycles.